The molecule has 1 heterocycles. The fourth-order valence-corrected chi connectivity index (χ4v) is 12.9. The largest absolute Gasteiger partial charge is 0.481 e. The molecular formula is C40H57NO6S. The van der Waals surface area contributed by atoms with E-state index in [-0.39, 0.29) is 57.7 Å². The van der Waals surface area contributed by atoms with Crippen LogP contribution in [0.5, 0.6) is 0 Å². The molecule has 5 aliphatic rings. The Hall–Kier alpha value is -2.48. The van der Waals surface area contributed by atoms with Crippen LogP contribution in [0.4, 0.5) is 0 Å². The zero-order chi connectivity index (χ0) is 35.2. The Labute approximate surface area is 291 Å². The molecule has 8 atom stereocenters. The predicted molar refractivity (Wildman–Crippen MR) is 187 cm³/mol. The molecule has 0 unspecified atom stereocenters. The molecule has 6 rings (SSSR count). The number of hydrogen-bond donors (Lipinski definition) is 2. The first kappa shape index (κ1) is 35.3. The summed E-state index contributed by atoms with van der Waals surface area (Å²) in [6.45, 7) is 19.5. The third kappa shape index (κ3) is 5.07. The molecule has 1 aromatic heterocycles. The molecule has 8 heteroatoms. The van der Waals surface area contributed by atoms with Gasteiger partial charge in [-0.2, -0.15) is 0 Å². The number of carbonyl (C=O) groups is 4. The average Bonchev–Trinajstić information content (AvgIpc) is 3.61. The molecule has 7 nitrogen and oxygen atoms in total. The summed E-state index contributed by atoms with van der Waals surface area (Å²) in [6.07, 6.45) is 7.72. The van der Waals surface area contributed by atoms with Crippen molar-refractivity contribution in [2.24, 2.45) is 50.7 Å². The van der Waals surface area contributed by atoms with E-state index in [2.05, 4.69) is 53.8 Å². The lowest BCUT2D eigenvalue weighted by atomic mass is 9.33. The number of nitrogens with one attached hydrogen (secondary N) is 1. The van der Waals surface area contributed by atoms with Crippen LogP contribution in [0.3, 0.4) is 0 Å². The average molecular weight is 680 g/mol. The number of allylic oxidation sites excluding steroid dienone is 1. The number of fused-ring (bicyclic) bond motifs is 7. The second kappa shape index (κ2) is 11.5. The molecule has 0 radical (unpaired) electrons. The van der Waals surface area contributed by atoms with Gasteiger partial charge >= 0.3 is 11.9 Å². The normalized spacial score (nSPS) is 38.8. The van der Waals surface area contributed by atoms with E-state index in [0.717, 1.165) is 56.9 Å². The van der Waals surface area contributed by atoms with Crippen LogP contribution >= 0.6 is 11.3 Å². The first-order chi connectivity index (χ1) is 22.2. The maximum atomic E-state index is 13.9. The van der Waals surface area contributed by atoms with Crippen molar-refractivity contribution in [3.63, 3.8) is 0 Å². The lowest BCUT2D eigenvalue weighted by molar-refractivity contribution is -0.232. The molecule has 5 aliphatic carbocycles. The number of Topliss-reactive ketones (excluding diaryl/α,β-unsaturated/α-hetero) is 1. The van der Waals surface area contributed by atoms with Crippen molar-refractivity contribution in [3.8, 4) is 0 Å². The molecule has 1 amide bonds. The molecule has 2 N–H and O–H groups in total. The van der Waals surface area contributed by atoms with Gasteiger partial charge < -0.3 is 15.2 Å². The number of hydrogen-bond acceptors (Lipinski definition) is 6. The summed E-state index contributed by atoms with van der Waals surface area (Å²) in [4.78, 5) is 52.9. The first-order valence-corrected chi connectivity index (χ1v) is 19.2. The molecule has 1 aromatic rings. The van der Waals surface area contributed by atoms with Crippen molar-refractivity contribution < 1.29 is 29.0 Å². The molecule has 0 spiro atoms. The number of carboxylic acid groups (broad SMARTS) is 1. The minimum absolute atomic E-state index is 0.0168. The van der Waals surface area contributed by atoms with Crippen LogP contribution in [0.2, 0.25) is 0 Å². The highest BCUT2D eigenvalue weighted by atomic mass is 32.1. The standard InChI is InChI=1S/C40H57NO6S/c1-23(2)31-25(42)21-40(41-33(44)26-11-10-20-48-26)19-18-38(8)24(32(31)40)12-13-28-37(7)16-15-29(47-30(43)22-35(3,4)34(45)46)36(5,6)27(37)14-17-39(28,38)9/h10-11,20,23-24,27-29H,12-19,21-22H2,1-9H3,(H,41,44)(H,45,46)/t24-,27+,28-,29+,37+,38-,39-,40-/m1/s1. The fourth-order valence-electron chi connectivity index (χ4n) is 12.3. The summed E-state index contributed by atoms with van der Waals surface area (Å²) in [6, 6.07) is 3.77. The van der Waals surface area contributed by atoms with Crippen LogP contribution in [-0.2, 0) is 19.1 Å². The fraction of sp³-hybridized carbons (Fsp3) is 0.750. The highest BCUT2D eigenvalue weighted by Crippen LogP contribution is 2.76. The van der Waals surface area contributed by atoms with Crippen LogP contribution in [0, 0.1) is 50.7 Å². The molecule has 0 saturated heterocycles. The zero-order valence-corrected chi connectivity index (χ0v) is 31.4. The van der Waals surface area contributed by atoms with Crippen molar-refractivity contribution in [1.82, 2.24) is 5.32 Å². The van der Waals surface area contributed by atoms with E-state index in [1.807, 2.05) is 17.5 Å². The van der Waals surface area contributed by atoms with Crippen molar-refractivity contribution >= 4 is 35.0 Å². The molecule has 0 aliphatic heterocycles. The number of carboxylic acids is 1. The summed E-state index contributed by atoms with van der Waals surface area (Å²) < 4.78 is 6.14. The predicted octanol–water partition coefficient (Wildman–Crippen LogP) is 8.62. The quantitative estimate of drug-likeness (QED) is 0.279. The monoisotopic (exact) mass is 679 g/mol. The van der Waals surface area contributed by atoms with Gasteiger partial charge in [-0.25, -0.2) is 0 Å². The third-order valence-electron chi connectivity index (χ3n) is 14.9. The van der Waals surface area contributed by atoms with E-state index in [9.17, 15) is 24.3 Å². The first-order valence-electron chi connectivity index (χ1n) is 18.3. The molecule has 0 bridgehead atoms. The highest BCUT2D eigenvalue weighted by molar-refractivity contribution is 7.12. The lowest BCUT2D eigenvalue weighted by Gasteiger charge is -2.72. The Balaban J connectivity index is 1.30. The third-order valence-corrected chi connectivity index (χ3v) is 15.8. The Bertz CT molecular complexity index is 1540. The molecule has 264 valence electrons. The summed E-state index contributed by atoms with van der Waals surface area (Å²) >= 11 is 1.45. The maximum Gasteiger partial charge on any atom is 0.309 e. The number of carbonyl (C=O) groups excluding carboxylic acids is 3. The molecular weight excluding hydrogens is 623 g/mol. The number of thiophene rings is 1. The van der Waals surface area contributed by atoms with Gasteiger partial charge in [0.25, 0.3) is 5.91 Å². The Morgan fingerprint density at radius 3 is 2.31 bits per heavy atom. The molecule has 4 fully saturated rings. The molecule has 0 aromatic carbocycles. The summed E-state index contributed by atoms with van der Waals surface area (Å²) in [5.41, 5.74) is 0.302. The van der Waals surface area contributed by atoms with Gasteiger partial charge in [-0.05, 0) is 128 Å². The Morgan fingerprint density at radius 2 is 1.69 bits per heavy atom. The number of ketones is 1. The van der Waals surface area contributed by atoms with E-state index >= 15 is 0 Å². The summed E-state index contributed by atoms with van der Waals surface area (Å²) in [5.74, 6) is -0.0717. The van der Waals surface area contributed by atoms with Crippen LogP contribution in [0.15, 0.2) is 28.7 Å². The van der Waals surface area contributed by atoms with Gasteiger partial charge in [-0.3, -0.25) is 19.2 Å². The van der Waals surface area contributed by atoms with Gasteiger partial charge in [0.15, 0.2) is 5.78 Å². The smallest absolute Gasteiger partial charge is 0.309 e. The van der Waals surface area contributed by atoms with Gasteiger partial charge in [-0.1, -0.05) is 54.5 Å². The number of esters is 1. The van der Waals surface area contributed by atoms with Gasteiger partial charge in [-0.15, -0.1) is 11.3 Å². The van der Waals surface area contributed by atoms with Gasteiger partial charge in [0, 0.05) is 11.8 Å². The Morgan fingerprint density at radius 1 is 0.979 bits per heavy atom. The van der Waals surface area contributed by atoms with E-state index in [0.29, 0.717) is 23.1 Å². The summed E-state index contributed by atoms with van der Waals surface area (Å²) in [7, 11) is 0. The van der Waals surface area contributed by atoms with Crippen molar-refractivity contribution in [2.45, 2.75) is 138 Å². The van der Waals surface area contributed by atoms with Crippen LogP contribution in [0.1, 0.15) is 136 Å². The number of rotatable bonds is 7. The number of ether oxygens (including phenoxy) is 1. The SMILES string of the molecule is CC(C)C1=C2[C@H]3CC[C@@H]4[C@@]5(C)CC[C@H](OC(=O)CC(C)(C)C(=O)O)C(C)(C)[C@@H]5CC[C@@]4(C)[C@]3(C)CC[C@@]2(NC(=O)c2cccs2)CC1=O. The van der Waals surface area contributed by atoms with E-state index in [1.165, 1.54) is 16.9 Å². The van der Waals surface area contributed by atoms with Gasteiger partial charge in [0.1, 0.15) is 6.10 Å². The van der Waals surface area contributed by atoms with Crippen LogP contribution in [0.25, 0.3) is 0 Å². The van der Waals surface area contributed by atoms with Crippen LogP contribution in [-0.4, -0.2) is 40.4 Å². The van der Waals surface area contributed by atoms with Crippen molar-refractivity contribution in [1.29, 1.82) is 0 Å². The van der Waals surface area contributed by atoms with Gasteiger partial charge in [0.05, 0.1) is 22.3 Å². The second-order valence-corrected chi connectivity index (χ2v) is 19.4. The van der Waals surface area contributed by atoms with Crippen molar-refractivity contribution in [2.75, 3.05) is 0 Å². The van der Waals surface area contributed by atoms with Crippen molar-refractivity contribution in [3.05, 3.63) is 33.5 Å². The lowest BCUT2D eigenvalue weighted by Crippen LogP contribution is -2.67. The van der Waals surface area contributed by atoms with Crippen LogP contribution < -0.4 is 5.32 Å². The Kier molecular flexibility index (Phi) is 8.49. The minimum Gasteiger partial charge on any atom is -0.481 e. The van der Waals surface area contributed by atoms with E-state index in [1.54, 1.807) is 13.8 Å². The van der Waals surface area contributed by atoms with E-state index < -0.39 is 22.9 Å². The number of amides is 1. The highest BCUT2D eigenvalue weighted by Gasteiger charge is 2.70. The zero-order valence-electron chi connectivity index (χ0n) is 30.6. The number of aliphatic carboxylic acids is 1. The topological polar surface area (TPSA) is 110 Å². The van der Waals surface area contributed by atoms with E-state index in [4.69, 9.17) is 4.74 Å². The maximum absolute atomic E-state index is 13.9. The molecule has 48 heavy (non-hydrogen) atoms. The minimum atomic E-state index is -1.16. The second-order valence-electron chi connectivity index (χ2n) is 18.4. The summed E-state index contributed by atoms with van der Waals surface area (Å²) in [5, 5.41) is 15.0. The molecule has 4 saturated carbocycles. The van der Waals surface area contributed by atoms with Gasteiger partial charge in [0.2, 0.25) is 0 Å².